The van der Waals surface area contributed by atoms with E-state index in [1.165, 1.54) is 0 Å². The average molecular weight is 293 g/mol. The Hall–Kier alpha value is -1.59. The maximum Gasteiger partial charge on any atom is 0.338 e. The summed E-state index contributed by atoms with van der Waals surface area (Å²) >= 11 is 0. The fourth-order valence-corrected chi connectivity index (χ4v) is 2.55. The van der Waals surface area contributed by atoms with Crippen molar-refractivity contribution < 1.29 is 19.0 Å². The van der Waals surface area contributed by atoms with Gasteiger partial charge in [-0.2, -0.15) is 0 Å². The molecule has 0 aliphatic heterocycles. The molecule has 1 aromatic rings. The molecule has 5 nitrogen and oxygen atoms in total. The third-order valence-corrected chi connectivity index (χ3v) is 3.65. The fraction of sp³-hybridized carbons (Fsp3) is 0.562. The Labute approximate surface area is 125 Å². The van der Waals surface area contributed by atoms with Gasteiger partial charge in [-0.05, 0) is 44.5 Å². The fourth-order valence-electron chi connectivity index (χ4n) is 2.55. The molecule has 0 heterocycles. The summed E-state index contributed by atoms with van der Waals surface area (Å²) in [5.74, 6) is -0.293. The van der Waals surface area contributed by atoms with Crippen molar-refractivity contribution in [2.75, 3.05) is 25.6 Å². The van der Waals surface area contributed by atoms with E-state index in [1.54, 1.807) is 26.2 Å². The van der Waals surface area contributed by atoms with E-state index in [1.807, 2.05) is 19.1 Å². The summed E-state index contributed by atoms with van der Waals surface area (Å²) in [6.45, 7) is 4.87. The topological polar surface area (TPSA) is 56.8 Å². The van der Waals surface area contributed by atoms with E-state index < -0.39 is 0 Å². The molecule has 1 N–H and O–H groups in total. The highest BCUT2D eigenvalue weighted by Gasteiger charge is 2.42. The summed E-state index contributed by atoms with van der Waals surface area (Å²) in [7, 11) is 1.70. The molecule has 1 aliphatic carbocycles. The molecule has 0 amide bonds. The average Bonchev–Trinajstić information content (AvgIpc) is 2.47. The molecule has 2 rings (SSSR count). The van der Waals surface area contributed by atoms with Gasteiger partial charge in [0, 0.05) is 19.4 Å². The molecule has 3 unspecified atom stereocenters. The van der Waals surface area contributed by atoms with Gasteiger partial charge in [-0.3, -0.25) is 0 Å². The van der Waals surface area contributed by atoms with Crippen molar-refractivity contribution in [3.63, 3.8) is 0 Å². The second-order valence-electron chi connectivity index (χ2n) is 4.98. The van der Waals surface area contributed by atoms with Crippen molar-refractivity contribution in [3.8, 4) is 0 Å². The maximum atomic E-state index is 11.6. The first kappa shape index (κ1) is 15.8. The van der Waals surface area contributed by atoms with Gasteiger partial charge in [-0.1, -0.05) is 0 Å². The number of rotatable bonds is 7. The number of benzene rings is 1. The first-order chi connectivity index (χ1) is 10.2. The predicted octanol–water partition coefficient (Wildman–Crippen LogP) is 2.47. The first-order valence-electron chi connectivity index (χ1n) is 7.37. The summed E-state index contributed by atoms with van der Waals surface area (Å²) in [4.78, 5) is 11.6. The van der Waals surface area contributed by atoms with Crippen molar-refractivity contribution in [2.24, 2.45) is 0 Å². The van der Waals surface area contributed by atoms with Crippen molar-refractivity contribution >= 4 is 11.7 Å². The Morgan fingerprint density at radius 2 is 1.95 bits per heavy atom. The van der Waals surface area contributed by atoms with Crippen LogP contribution in [0.2, 0.25) is 0 Å². The number of hydrogen-bond acceptors (Lipinski definition) is 5. The van der Waals surface area contributed by atoms with E-state index in [0.717, 1.165) is 12.1 Å². The van der Waals surface area contributed by atoms with Crippen molar-refractivity contribution in [2.45, 2.75) is 38.5 Å². The van der Waals surface area contributed by atoms with Gasteiger partial charge in [-0.25, -0.2) is 4.79 Å². The summed E-state index contributed by atoms with van der Waals surface area (Å²) < 4.78 is 16.0. The molecule has 3 atom stereocenters. The van der Waals surface area contributed by atoms with Crippen molar-refractivity contribution in [1.82, 2.24) is 0 Å². The zero-order valence-electron chi connectivity index (χ0n) is 12.8. The van der Waals surface area contributed by atoms with Gasteiger partial charge in [0.05, 0.1) is 24.3 Å². The van der Waals surface area contributed by atoms with E-state index in [0.29, 0.717) is 18.8 Å². The lowest BCUT2D eigenvalue weighted by Crippen LogP contribution is -2.56. The Kier molecular flexibility index (Phi) is 5.59. The third-order valence-electron chi connectivity index (χ3n) is 3.65. The third kappa shape index (κ3) is 3.74. The molecular formula is C16H23NO4. The number of anilines is 1. The number of nitrogens with one attached hydrogen (secondary N) is 1. The zero-order valence-corrected chi connectivity index (χ0v) is 12.8. The molecule has 1 saturated carbocycles. The molecular weight excluding hydrogens is 270 g/mol. The van der Waals surface area contributed by atoms with Crippen LogP contribution in [0, 0.1) is 0 Å². The quantitative estimate of drug-likeness (QED) is 0.783. The molecule has 0 spiro atoms. The summed E-state index contributed by atoms with van der Waals surface area (Å²) in [6, 6.07) is 7.53. The van der Waals surface area contributed by atoms with Crippen LogP contribution in [0.5, 0.6) is 0 Å². The predicted molar refractivity (Wildman–Crippen MR) is 80.6 cm³/mol. The van der Waals surface area contributed by atoms with Crippen molar-refractivity contribution in [1.29, 1.82) is 0 Å². The number of carbonyl (C=O) groups excluding carboxylic acids is 1. The lowest BCUT2D eigenvalue weighted by molar-refractivity contribution is -0.118. The molecule has 116 valence electrons. The van der Waals surface area contributed by atoms with Crippen LogP contribution in [0.3, 0.4) is 0 Å². The number of esters is 1. The highest BCUT2D eigenvalue weighted by atomic mass is 16.5. The van der Waals surface area contributed by atoms with Crippen LogP contribution in [-0.4, -0.2) is 44.5 Å². The van der Waals surface area contributed by atoms with Crippen LogP contribution >= 0.6 is 0 Å². The Morgan fingerprint density at radius 1 is 1.24 bits per heavy atom. The van der Waals surface area contributed by atoms with Crippen LogP contribution < -0.4 is 5.32 Å². The van der Waals surface area contributed by atoms with Gasteiger partial charge in [0.15, 0.2) is 0 Å². The largest absolute Gasteiger partial charge is 0.462 e. The van der Waals surface area contributed by atoms with Crippen LogP contribution in [0.15, 0.2) is 24.3 Å². The van der Waals surface area contributed by atoms with Gasteiger partial charge < -0.3 is 19.5 Å². The highest BCUT2D eigenvalue weighted by Crippen LogP contribution is 2.29. The smallest absolute Gasteiger partial charge is 0.338 e. The Bertz CT molecular complexity index is 460. The maximum absolute atomic E-state index is 11.6. The van der Waals surface area contributed by atoms with E-state index >= 15 is 0 Å². The SMILES string of the molecule is CCOC(=O)c1ccc(NC2CC(OCC)C2OC)cc1. The van der Waals surface area contributed by atoms with Crippen LogP contribution in [-0.2, 0) is 14.2 Å². The Morgan fingerprint density at radius 3 is 2.52 bits per heavy atom. The standard InChI is InChI=1S/C16H23NO4/c1-4-20-14-10-13(15(14)19-3)17-12-8-6-11(7-9-12)16(18)21-5-2/h6-9,13-15,17H,4-5,10H2,1-3H3. The monoisotopic (exact) mass is 293 g/mol. The van der Waals surface area contributed by atoms with E-state index in [4.69, 9.17) is 14.2 Å². The molecule has 1 fully saturated rings. The van der Waals surface area contributed by atoms with Gasteiger partial charge in [-0.15, -0.1) is 0 Å². The van der Waals surface area contributed by atoms with Gasteiger partial charge in [0.1, 0.15) is 6.10 Å². The molecule has 0 radical (unpaired) electrons. The number of ether oxygens (including phenoxy) is 3. The summed E-state index contributed by atoms with van der Waals surface area (Å²) in [5, 5.41) is 3.41. The molecule has 21 heavy (non-hydrogen) atoms. The van der Waals surface area contributed by atoms with Gasteiger partial charge in [0.2, 0.25) is 0 Å². The second kappa shape index (κ2) is 7.43. The lowest BCUT2D eigenvalue weighted by Gasteiger charge is -2.43. The molecule has 0 bridgehead atoms. The minimum atomic E-state index is -0.293. The molecule has 0 saturated heterocycles. The number of hydrogen-bond donors (Lipinski definition) is 1. The zero-order chi connectivity index (χ0) is 15.2. The van der Waals surface area contributed by atoms with Crippen LogP contribution in [0.4, 0.5) is 5.69 Å². The van der Waals surface area contributed by atoms with E-state index in [9.17, 15) is 4.79 Å². The molecule has 5 heteroatoms. The van der Waals surface area contributed by atoms with Crippen molar-refractivity contribution in [3.05, 3.63) is 29.8 Å². The number of carbonyl (C=O) groups is 1. The second-order valence-corrected chi connectivity index (χ2v) is 4.98. The number of methoxy groups -OCH3 is 1. The normalized spacial score (nSPS) is 24.2. The van der Waals surface area contributed by atoms with Gasteiger partial charge >= 0.3 is 5.97 Å². The molecule has 1 aliphatic rings. The molecule has 1 aromatic carbocycles. The summed E-state index contributed by atoms with van der Waals surface area (Å²) in [6.07, 6.45) is 1.15. The Balaban J connectivity index is 1.90. The van der Waals surface area contributed by atoms with E-state index in [2.05, 4.69) is 5.32 Å². The first-order valence-corrected chi connectivity index (χ1v) is 7.37. The minimum Gasteiger partial charge on any atom is -0.462 e. The van der Waals surface area contributed by atoms with Crippen LogP contribution in [0.25, 0.3) is 0 Å². The minimum absolute atomic E-state index is 0.0645. The summed E-state index contributed by atoms with van der Waals surface area (Å²) in [5.41, 5.74) is 1.52. The van der Waals surface area contributed by atoms with Gasteiger partial charge in [0.25, 0.3) is 0 Å². The van der Waals surface area contributed by atoms with Crippen LogP contribution in [0.1, 0.15) is 30.6 Å². The highest BCUT2D eigenvalue weighted by molar-refractivity contribution is 5.89. The lowest BCUT2D eigenvalue weighted by atomic mass is 9.85. The van der Waals surface area contributed by atoms with E-state index in [-0.39, 0.29) is 24.2 Å². The molecule has 0 aromatic heterocycles.